The quantitative estimate of drug-likeness (QED) is 0.248. The summed E-state index contributed by atoms with van der Waals surface area (Å²) in [6.45, 7) is 8.34. The van der Waals surface area contributed by atoms with Gasteiger partial charge in [0.15, 0.2) is 17.2 Å². The number of piperidine rings is 2. The Labute approximate surface area is 267 Å². The molecule has 2 N–H and O–H groups in total. The smallest absolute Gasteiger partial charge is 0.410 e. The lowest BCUT2D eigenvalue weighted by molar-refractivity contribution is -0.121. The third-order valence-corrected chi connectivity index (χ3v) is 7.92. The van der Waals surface area contributed by atoms with Gasteiger partial charge in [-0.05, 0) is 82.4 Å². The van der Waals surface area contributed by atoms with E-state index < -0.39 is 11.4 Å². The zero-order chi connectivity index (χ0) is 32.9. The van der Waals surface area contributed by atoms with Crippen LogP contribution in [0.25, 0.3) is 11.4 Å². The number of likely N-dealkylation sites (tertiary alicyclic amines) is 1. The van der Waals surface area contributed by atoms with E-state index in [1.165, 1.54) is 28.8 Å². The third kappa shape index (κ3) is 7.42. The van der Waals surface area contributed by atoms with E-state index in [4.69, 9.17) is 9.47 Å². The van der Waals surface area contributed by atoms with Gasteiger partial charge >= 0.3 is 6.09 Å². The summed E-state index contributed by atoms with van der Waals surface area (Å²) in [5.41, 5.74) is 1.01. The lowest BCUT2D eigenvalue weighted by Crippen LogP contribution is -2.46. The number of carbonyl (C=O) groups is 2. The number of hydrogen-bond donors (Lipinski definition) is 2. The number of Topliss-reactive ketones (excluding diaryl/α,β-unsaturated/α-hetero) is 1. The number of aromatic hydroxyl groups is 1. The van der Waals surface area contributed by atoms with Gasteiger partial charge in [-0.3, -0.25) is 4.79 Å². The molecule has 11 heteroatoms. The molecule has 0 saturated carbocycles. The first kappa shape index (κ1) is 32.7. The Kier molecular flexibility index (Phi) is 9.81. The number of halogens is 2. The first-order valence-electron chi connectivity index (χ1n) is 15.4. The Morgan fingerprint density at radius 3 is 2.15 bits per heavy atom. The number of carbonyl (C=O) groups excluding carboxylic acids is 2. The van der Waals surface area contributed by atoms with E-state index in [0.717, 1.165) is 31.6 Å². The van der Waals surface area contributed by atoms with Crippen LogP contribution in [-0.4, -0.2) is 62.8 Å². The predicted molar refractivity (Wildman–Crippen MR) is 170 cm³/mol. The lowest BCUT2D eigenvalue weighted by Gasteiger charge is -2.42. The summed E-state index contributed by atoms with van der Waals surface area (Å²) in [4.78, 5) is 24.0. The molecule has 46 heavy (non-hydrogen) atoms. The highest BCUT2D eigenvalue weighted by Gasteiger charge is 2.42. The topological polar surface area (TPSA) is 98.0 Å². The van der Waals surface area contributed by atoms with Gasteiger partial charge in [0.25, 0.3) is 0 Å². The summed E-state index contributed by atoms with van der Waals surface area (Å²) in [5, 5.41) is 12.8. The predicted octanol–water partition coefficient (Wildman–Crippen LogP) is 6.50. The summed E-state index contributed by atoms with van der Waals surface area (Å²) in [5.74, 6) is 0.140. The van der Waals surface area contributed by atoms with E-state index in [-0.39, 0.29) is 34.7 Å². The van der Waals surface area contributed by atoms with Crippen molar-refractivity contribution in [3.05, 3.63) is 96.6 Å². The molecule has 2 aromatic carbocycles. The van der Waals surface area contributed by atoms with Crippen LogP contribution in [0.2, 0.25) is 0 Å². The molecule has 9 nitrogen and oxygen atoms in total. The van der Waals surface area contributed by atoms with Crippen molar-refractivity contribution in [1.82, 2.24) is 19.4 Å². The first-order valence-corrected chi connectivity index (χ1v) is 15.4. The molecule has 2 saturated heterocycles. The molecule has 0 bridgehead atoms. The molecule has 4 aromatic rings. The molecular formula is C35H40F2N4O5. The van der Waals surface area contributed by atoms with Crippen LogP contribution in [0.5, 0.6) is 11.5 Å². The Morgan fingerprint density at radius 2 is 1.52 bits per heavy atom. The molecule has 3 aliphatic heterocycles. The van der Waals surface area contributed by atoms with Crippen molar-refractivity contribution in [3.8, 4) is 22.9 Å². The Morgan fingerprint density at radius 1 is 0.891 bits per heavy atom. The van der Waals surface area contributed by atoms with Crippen LogP contribution in [0, 0.1) is 11.6 Å². The highest BCUT2D eigenvalue weighted by molar-refractivity contribution is 5.81. The zero-order valence-corrected chi connectivity index (χ0v) is 26.3. The SMILES string of the molecule is CC(C)(C)OC(=O)N1CCC(=O)CC1.Fc1cccc2c1-n1cccc1C1(CCNCC1)O2.Oc1cccc(F)c1-n1cccc1. The number of phenolic OH excluding ortho intramolecular Hbond substituents is 1. The van der Waals surface area contributed by atoms with Crippen molar-refractivity contribution in [2.45, 2.75) is 57.7 Å². The molecule has 0 unspecified atom stereocenters. The number of benzene rings is 2. The molecule has 2 fully saturated rings. The summed E-state index contributed by atoms with van der Waals surface area (Å²) in [7, 11) is 0. The molecule has 244 valence electrons. The van der Waals surface area contributed by atoms with Crippen molar-refractivity contribution in [3.63, 3.8) is 0 Å². The van der Waals surface area contributed by atoms with Crippen LogP contribution in [0.3, 0.4) is 0 Å². The number of hydrogen-bond acceptors (Lipinski definition) is 6. The van der Waals surface area contributed by atoms with Gasteiger partial charge in [-0.15, -0.1) is 0 Å². The van der Waals surface area contributed by atoms with Gasteiger partial charge in [0.1, 0.15) is 34.3 Å². The van der Waals surface area contributed by atoms with Gasteiger partial charge in [-0.2, -0.15) is 0 Å². The van der Waals surface area contributed by atoms with Crippen molar-refractivity contribution < 1.29 is 33.0 Å². The minimum atomic E-state index is -0.460. The minimum Gasteiger partial charge on any atom is -0.506 e. The normalized spacial score (nSPS) is 16.5. The molecule has 0 aliphatic carbocycles. The van der Waals surface area contributed by atoms with Gasteiger partial charge in [0.05, 0.1) is 5.69 Å². The summed E-state index contributed by atoms with van der Waals surface area (Å²) in [6.07, 6.45) is 7.70. The van der Waals surface area contributed by atoms with Gasteiger partial charge < -0.3 is 33.9 Å². The largest absolute Gasteiger partial charge is 0.506 e. The minimum absolute atomic E-state index is 0.0591. The lowest BCUT2D eigenvalue weighted by atomic mass is 9.87. The number of aromatic nitrogens is 2. The van der Waals surface area contributed by atoms with E-state index >= 15 is 0 Å². The van der Waals surface area contributed by atoms with Gasteiger partial charge in [0, 0.05) is 57.4 Å². The van der Waals surface area contributed by atoms with Crippen molar-refractivity contribution in [2.75, 3.05) is 26.2 Å². The Hall–Kier alpha value is -4.64. The molecule has 0 atom stereocenters. The number of nitrogens with zero attached hydrogens (tertiary/aromatic N) is 3. The van der Waals surface area contributed by atoms with E-state index in [0.29, 0.717) is 37.4 Å². The second-order valence-corrected chi connectivity index (χ2v) is 12.4. The van der Waals surface area contributed by atoms with Crippen molar-refractivity contribution in [2.24, 2.45) is 0 Å². The number of amides is 1. The summed E-state index contributed by atoms with van der Waals surface area (Å²) < 4.78 is 42.2. The van der Waals surface area contributed by atoms with Crippen molar-refractivity contribution in [1.29, 1.82) is 0 Å². The second-order valence-electron chi connectivity index (χ2n) is 12.4. The van der Waals surface area contributed by atoms with E-state index in [1.54, 1.807) is 35.5 Å². The van der Waals surface area contributed by atoms with E-state index in [2.05, 4.69) is 5.32 Å². The van der Waals surface area contributed by atoms with E-state index in [1.807, 2.05) is 49.7 Å². The average molecular weight is 635 g/mol. The average Bonchev–Trinajstić information content (AvgIpc) is 3.72. The standard InChI is InChI=1S/C15H15FN2O.C10H8FNO.C10H17NO3/c16-11-3-1-4-12-14(11)18-10-2-5-13(18)15(19-12)6-8-17-9-7-15;11-8-4-3-5-9(13)10(8)12-6-1-2-7-12;1-10(2,3)14-9(13)11-6-4-8(12)5-7-11/h1-5,10,17H,6-9H2;1-7,13H;4-7H2,1-3H3. The Balaban J connectivity index is 0.000000140. The number of fused-ring (bicyclic) bond motifs is 4. The van der Waals surface area contributed by atoms with Gasteiger partial charge in [0.2, 0.25) is 0 Å². The molecule has 0 radical (unpaired) electrons. The maximum Gasteiger partial charge on any atom is 0.410 e. The number of para-hydroxylation sites is 2. The highest BCUT2D eigenvalue weighted by Crippen LogP contribution is 2.44. The van der Waals surface area contributed by atoms with Crippen LogP contribution < -0.4 is 10.1 Å². The van der Waals surface area contributed by atoms with Gasteiger partial charge in [-0.1, -0.05) is 12.1 Å². The first-order chi connectivity index (χ1) is 22.0. The van der Waals surface area contributed by atoms with Gasteiger partial charge in [-0.25, -0.2) is 13.6 Å². The maximum absolute atomic E-state index is 14.1. The number of ketones is 1. The van der Waals surface area contributed by atoms with Crippen LogP contribution in [-0.2, 0) is 15.1 Å². The highest BCUT2D eigenvalue weighted by atomic mass is 19.1. The van der Waals surface area contributed by atoms with Crippen LogP contribution in [0.15, 0.2) is 79.3 Å². The molecule has 5 heterocycles. The van der Waals surface area contributed by atoms with Crippen LogP contribution in [0.4, 0.5) is 13.6 Å². The van der Waals surface area contributed by atoms with E-state index in [9.17, 15) is 23.5 Å². The second kappa shape index (κ2) is 13.8. The molecular weight excluding hydrogens is 594 g/mol. The summed E-state index contributed by atoms with van der Waals surface area (Å²) in [6, 6.07) is 16.8. The maximum atomic E-state index is 14.1. The molecule has 2 aromatic heterocycles. The third-order valence-electron chi connectivity index (χ3n) is 7.92. The number of nitrogens with one attached hydrogen (secondary N) is 1. The van der Waals surface area contributed by atoms with Crippen LogP contribution in [0.1, 0.15) is 52.1 Å². The molecule has 3 aliphatic rings. The fourth-order valence-electron chi connectivity index (χ4n) is 5.72. The molecule has 1 spiro atoms. The zero-order valence-electron chi connectivity index (χ0n) is 26.3. The molecule has 7 rings (SSSR count). The van der Waals surface area contributed by atoms with Crippen LogP contribution >= 0.6 is 0 Å². The summed E-state index contributed by atoms with van der Waals surface area (Å²) >= 11 is 0. The number of ether oxygens (including phenoxy) is 2. The molecule has 1 amide bonds. The Bertz CT molecular complexity index is 1630. The number of rotatable bonds is 1. The monoisotopic (exact) mass is 634 g/mol. The van der Waals surface area contributed by atoms with Crippen molar-refractivity contribution >= 4 is 11.9 Å². The fraction of sp³-hybridized carbons (Fsp3) is 0.371. The fourth-order valence-corrected chi connectivity index (χ4v) is 5.72. The number of phenols is 1.